The normalized spacial score (nSPS) is 15.9. The minimum atomic E-state index is -0.384. The summed E-state index contributed by atoms with van der Waals surface area (Å²) in [4.78, 5) is 17.8. The summed E-state index contributed by atoms with van der Waals surface area (Å²) in [5.74, 6) is 0.0389. The molecule has 3 rings (SSSR count). The van der Waals surface area contributed by atoms with Crippen molar-refractivity contribution in [2.45, 2.75) is 0 Å². The number of hydrogen-bond donors (Lipinski definition) is 1. The molecule has 2 aromatic carbocycles. The van der Waals surface area contributed by atoms with E-state index in [9.17, 15) is 9.18 Å². The molecule has 6 heteroatoms. The van der Waals surface area contributed by atoms with Gasteiger partial charge in [0.15, 0.2) is 0 Å². The van der Waals surface area contributed by atoms with Gasteiger partial charge >= 0.3 is 0 Å². The van der Waals surface area contributed by atoms with Gasteiger partial charge in [0.1, 0.15) is 17.3 Å². The molecule has 2 aromatic rings. The fraction of sp³-hybridized carbons (Fsp3) is 0.0588. The van der Waals surface area contributed by atoms with Crippen molar-refractivity contribution in [2.24, 2.45) is 10.7 Å². The Balaban J connectivity index is 1.89. The van der Waals surface area contributed by atoms with Crippen molar-refractivity contribution in [3.05, 3.63) is 65.6 Å². The average Bonchev–Trinajstić information content (AvgIpc) is 2.83. The van der Waals surface area contributed by atoms with Crippen molar-refractivity contribution in [1.82, 2.24) is 0 Å². The van der Waals surface area contributed by atoms with Gasteiger partial charge in [-0.1, -0.05) is 12.1 Å². The number of guanidine groups is 1. The van der Waals surface area contributed by atoms with Crippen LogP contribution in [0.2, 0.25) is 0 Å². The van der Waals surface area contributed by atoms with E-state index >= 15 is 0 Å². The standard InChI is InChI=1S/C17H14FN3O2/c1-23-14-8-2-11(3-9-14)10-15-16(22)21(17(19)20-15)13-6-4-12(18)5-7-13/h2-10H,1H3,(H2,19,20)/b15-10-. The summed E-state index contributed by atoms with van der Waals surface area (Å²) in [6.45, 7) is 0. The Morgan fingerprint density at radius 1 is 1.13 bits per heavy atom. The number of benzene rings is 2. The molecule has 1 heterocycles. The van der Waals surface area contributed by atoms with E-state index in [4.69, 9.17) is 10.5 Å². The van der Waals surface area contributed by atoms with Crippen LogP contribution in [0.4, 0.5) is 10.1 Å². The van der Waals surface area contributed by atoms with Gasteiger partial charge in [-0.2, -0.15) is 0 Å². The summed E-state index contributed by atoms with van der Waals surface area (Å²) in [5, 5.41) is 0. The third kappa shape index (κ3) is 2.91. The Morgan fingerprint density at radius 2 is 1.78 bits per heavy atom. The number of ether oxygens (including phenoxy) is 1. The Bertz CT molecular complexity index is 796. The Labute approximate surface area is 132 Å². The predicted octanol–water partition coefficient (Wildman–Crippen LogP) is 2.54. The lowest BCUT2D eigenvalue weighted by molar-refractivity contribution is -0.113. The molecule has 0 aromatic heterocycles. The largest absolute Gasteiger partial charge is 0.497 e. The van der Waals surface area contributed by atoms with Crippen molar-refractivity contribution < 1.29 is 13.9 Å². The van der Waals surface area contributed by atoms with E-state index in [-0.39, 0.29) is 23.4 Å². The number of aliphatic imine (C=N–C) groups is 1. The Morgan fingerprint density at radius 3 is 2.39 bits per heavy atom. The highest BCUT2D eigenvalue weighted by atomic mass is 19.1. The maximum atomic E-state index is 13.0. The summed E-state index contributed by atoms with van der Waals surface area (Å²) in [7, 11) is 1.58. The Hall–Kier alpha value is -3.15. The van der Waals surface area contributed by atoms with Crippen LogP contribution in [0.25, 0.3) is 6.08 Å². The lowest BCUT2D eigenvalue weighted by Crippen LogP contribution is -2.37. The second-order valence-corrected chi connectivity index (χ2v) is 4.89. The molecule has 0 unspecified atom stereocenters. The van der Waals surface area contributed by atoms with Crippen molar-refractivity contribution >= 4 is 23.6 Å². The monoisotopic (exact) mass is 311 g/mol. The molecule has 0 bridgehead atoms. The molecule has 116 valence electrons. The van der Waals surface area contributed by atoms with Crippen LogP contribution < -0.4 is 15.4 Å². The number of halogens is 1. The van der Waals surface area contributed by atoms with Crippen LogP contribution >= 0.6 is 0 Å². The maximum absolute atomic E-state index is 13.0. The van der Waals surface area contributed by atoms with Gasteiger partial charge in [-0.15, -0.1) is 0 Å². The van der Waals surface area contributed by atoms with Crippen molar-refractivity contribution in [2.75, 3.05) is 12.0 Å². The minimum Gasteiger partial charge on any atom is -0.497 e. The number of nitrogens with two attached hydrogens (primary N) is 1. The second kappa shape index (κ2) is 5.92. The molecule has 0 spiro atoms. The summed E-state index contributed by atoms with van der Waals surface area (Å²) in [5.41, 5.74) is 7.32. The second-order valence-electron chi connectivity index (χ2n) is 4.89. The van der Waals surface area contributed by atoms with Crippen LogP contribution in [0.3, 0.4) is 0 Å². The fourth-order valence-corrected chi connectivity index (χ4v) is 2.23. The van der Waals surface area contributed by atoms with Crippen molar-refractivity contribution in [3.63, 3.8) is 0 Å². The van der Waals surface area contributed by atoms with Crippen LogP contribution in [-0.2, 0) is 4.79 Å². The number of carbonyl (C=O) groups is 1. The van der Waals surface area contributed by atoms with E-state index in [2.05, 4.69) is 4.99 Å². The SMILES string of the molecule is COc1ccc(/C=C2\N=C(N)N(c3ccc(F)cc3)C2=O)cc1. The van der Waals surface area contributed by atoms with Gasteiger partial charge in [0.2, 0.25) is 5.96 Å². The number of anilines is 1. The van der Waals surface area contributed by atoms with Gasteiger partial charge in [-0.25, -0.2) is 14.3 Å². The highest BCUT2D eigenvalue weighted by molar-refractivity contribution is 6.27. The van der Waals surface area contributed by atoms with E-state index in [1.54, 1.807) is 25.3 Å². The minimum absolute atomic E-state index is 0.0568. The van der Waals surface area contributed by atoms with E-state index in [0.29, 0.717) is 5.69 Å². The summed E-state index contributed by atoms with van der Waals surface area (Å²) in [6, 6.07) is 12.7. The zero-order chi connectivity index (χ0) is 16.4. The molecular formula is C17H14FN3O2. The molecular weight excluding hydrogens is 297 g/mol. The summed E-state index contributed by atoms with van der Waals surface area (Å²) < 4.78 is 18.1. The fourth-order valence-electron chi connectivity index (χ4n) is 2.23. The number of nitrogens with zero attached hydrogens (tertiary/aromatic N) is 2. The van der Waals surface area contributed by atoms with Crippen LogP contribution in [0, 0.1) is 5.82 Å². The maximum Gasteiger partial charge on any atom is 0.283 e. The lowest BCUT2D eigenvalue weighted by atomic mass is 10.2. The first-order chi connectivity index (χ1) is 11.1. The Kier molecular flexibility index (Phi) is 3.80. The predicted molar refractivity (Wildman–Crippen MR) is 86.5 cm³/mol. The highest BCUT2D eigenvalue weighted by Gasteiger charge is 2.29. The third-order valence-electron chi connectivity index (χ3n) is 3.39. The van der Waals surface area contributed by atoms with Gasteiger partial charge in [-0.05, 0) is 48.0 Å². The van der Waals surface area contributed by atoms with Gasteiger partial charge in [0.05, 0.1) is 12.8 Å². The van der Waals surface area contributed by atoms with E-state index in [1.807, 2.05) is 12.1 Å². The molecule has 5 nitrogen and oxygen atoms in total. The van der Waals surface area contributed by atoms with Crippen LogP contribution in [-0.4, -0.2) is 19.0 Å². The molecule has 1 aliphatic rings. The molecule has 23 heavy (non-hydrogen) atoms. The van der Waals surface area contributed by atoms with Crippen LogP contribution in [0.15, 0.2) is 59.2 Å². The molecule has 0 saturated heterocycles. The zero-order valence-electron chi connectivity index (χ0n) is 12.4. The first-order valence-corrected chi connectivity index (χ1v) is 6.88. The van der Waals surface area contributed by atoms with Crippen molar-refractivity contribution in [3.8, 4) is 5.75 Å². The summed E-state index contributed by atoms with van der Waals surface area (Å²) >= 11 is 0. The lowest BCUT2D eigenvalue weighted by Gasteiger charge is -2.14. The van der Waals surface area contributed by atoms with Gasteiger partial charge in [0.25, 0.3) is 5.91 Å². The van der Waals surface area contributed by atoms with E-state index in [1.165, 1.54) is 29.2 Å². The van der Waals surface area contributed by atoms with Crippen molar-refractivity contribution in [1.29, 1.82) is 0 Å². The number of carbonyl (C=O) groups excluding carboxylic acids is 1. The number of methoxy groups -OCH3 is 1. The van der Waals surface area contributed by atoms with E-state index in [0.717, 1.165) is 11.3 Å². The zero-order valence-corrected chi connectivity index (χ0v) is 12.4. The highest BCUT2D eigenvalue weighted by Crippen LogP contribution is 2.24. The third-order valence-corrected chi connectivity index (χ3v) is 3.39. The first-order valence-electron chi connectivity index (χ1n) is 6.88. The smallest absolute Gasteiger partial charge is 0.283 e. The molecule has 1 amide bonds. The number of amides is 1. The molecule has 0 radical (unpaired) electrons. The molecule has 0 saturated carbocycles. The van der Waals surface area contributed by atoms with Crippen LogP contribution in [0.5, 0.6) is 5.75 Å². The number of hydrogen-bond acceptors (Lipinski definition) is 4. The molecule has 1 aliphatic heterocycles. The van der Waals surface area contributed by atoms with Gasteiger partial charge in [0, 0.05) is 0 Å². The first kappa shape index (κ1) is 14.8. The van der Waals surface area contributed by atoms with Gasteiger partial charge in [-0.3, -0.25) is 4.79 Å². The molecule has 0 aliphatic carbocycles. The topological polar surface area (TPSA) is 67.9 Å². The van der Waals surface area contributed by atoms with E-state index < -0.39 is 0 Å². The molecule has 0 atom stereocenters. The number of rotatable bonds is 3. The molecule has 2 N–H and O–H groups in total. The summed E-state index contributed by atoms with van der Waals surface area (Å²) in [6.07, 6.45) is 1.64. The average molecular weight is 311 g/mol. The quantitative estimate of drug-likeness (QED) is 0.886. The molecule has 0 fully saturated rings. The van der Waals surface area contributed by atoms with Gasteiger partial charge < -0.3 is 10.5 Å². The van der Waals surface area contributed by atoms with Crippen LogP contribution in [0.1, 0.15) is 5.56 Å².